The lowest BCUT2D eigenvalue weighted by molar-refractivity contribution is 0.223. The van der Waals surface area contributed by atoms with E-state index in [-0.39, 0.29) is 0 Å². The van der Waals surface area contributed by atoms with Crippen LogP contribution in [0.25, 0.3) is 0 Å². The molecule has 1 heterocycles. The van der Waals surface area contributed by atoms with Crippen molar-refractivity contribution in [2.75, 3.05) is 20.1 Å². The van der Waals surface area contributed by atoms with Crippen molar-refractivity contribution in [2.24, 2.45) is 22.6 Å². The summed E-state index contributed by atoms with van der Waals surface area (Å²) in [5.74, 6) is 6.35. The number of piperidine rings is 1. The third-order valence-corrected chi connectivity index (χ3v) is 2.50. The van der Waals surface area contributed by atoms with Crippen LogP contribution in [0.15, 0.2) is 5.10 Å². The molecular weight excluding hydrogens is 152 g/mol. The van der Waals surface area contributed by atoms with Crippen molar-refractivity contribution >= 4 is 5.84 Å². The molecule has 4 N–H and O–H groups in total. The van der Waals surface area contributed by atoms with Crippen molar-refractivity contribution in [1.82, 2.24) is 4.90 Å². The summed E-state index contributed by atoms with van der Waals surface area (Å²) in [6, 6.07) is 0. The fourth-order valence-corrected chi connectivity index (χ4v) is 1.61. The Bertz CT molecular complexity index is 158. The Hall–Kier alpha value is -0.770. The SMILES string of the molecule is CN1CCC(CC(N)=NN)CC1. The Kier molecular flexibility index (Phi) is 3.34. The van der Waals surface area contributed by atoms with Crippen LogP contribution in [0.4, 0.5) is 0 Å². The van der Waals surface area contributed by atoms with Gasteiger partial charge in [0.15, 0.2) is 0 Å². The summed E-state index contributed by atoms with van der Waals surface area (Å²) in [6.45, 7) is 2.34. The zero-order valence-corrected chi connectivity index (χ0v) is 7.66. The molecule has 70 valence electrons. The predicted octanol–water partition coefficient (Wildman–Crippen LogP) is -0.0508. The van der Waals surface area contributed by atoms with Gasteiger partial charge in [-0.2, -0.15) is 5.10 Å². The monoisotopic (exact) mass is 170 g/mol. The van der Waals surface area contributed by atoms with Gasteiger partial charge in [-0.05, 0) is 38.9 Å². The van der Waals surface area contributed by atoms with Crippen LogP contribution in [0.1, 0.15) is 19.3 Å². The van der Waals surface area contributed by atoms with Crippen LogP contribution in [0.3, 0.4) is 0 Å². The van der Waals surface area contributed by atoms with Gasteiger partial charge in [0, 0.05) is 6.42 Å². The van der Waals surface area contributed by atoms with Crippen LogP contribution in [0.2, 0.25) is 0 Å². The molecule has 1 saturated heterocycles. The summed E-state index contributed by atoms with van der Waals surface area (Å²) < 4.78 is 0. The number of rotatable bonds is 2. The average Bonchev–Trinajstić information content (AvgIpc) is 2.09. The predicted molar refractivity (Wildman–Crippen MR) is 50.6 cm³/mol. The molecule has 1 aliphatic rings. The molecule has 0 saturated carbocycles. The molecule has 0 atom stereocenters. The van der Waals surface area contributed by atoms with Gasteiger partial charge in [-0.3, -0.25) is 0 Å². The number of nitrogens with two attached hydrogens (primary N) is 2. The third kappa shape index (κ3) is 2.70. The molecular formula is C8H18N4. The van der Waals surface area contributed by atoms with Gasteiger partial charge in [0.2, 0.25) is 0 Å². The first-order valence-corrected chi connectivity index (χ1v) is 4.43. The van der Waals surface area contributed by atoms with E-state index in [0.29, 0.717) is 11.8 Å². The second kappa shape index (κ2) is 4.30. The molecule has 1 fully saturated rings. The van der Waals surface area contributed by atoms with E-state index in [1.165, 1.54) is 25.9 Å². The molecule has 0 unspecified atom stereocenters. The van der Waals surface area contributed by atoms with Gasteiger partial charge < -0.3 is 16.5 Å². The zero-order valence-electron chi connectivity index (χ0n) is 7.66. The first-order valence-electron chi connectivity index (χ1n) is 4.43. The van der Waals surface area contributed by atoms with Crippen LogP contribution in [-0.4, -0.2) is 30.9 Å². The number of nitrogens with zero attached hydrogens (tertiary/aromatic N) is 2. The lowest BCUT2D eigenvalue weighted by atomic mass is 9.93. The molecule has 12 heavy (non-hydrogen) atoms. The maximum atomic E-state index is 5.55. The van der Waals surface area contributed by atoms with Crippen molar-refractivity contribution in [3.05, 3.63) is 0 Å². The lowest BCUT2D eigenvalue weighted by Crippen LogP contribution is -2.32. The molecule has 0 bridgehead atoms. The molecule has 0 aromatic carbocycles. The highest BCUT2D eigenvalue weighted by molar-refractivity contribution is 5.80. The fourth-order valence-electron chi connectivity index (χ4n) is 1.61. The van der Waals surface area contributed by atoms with Crippen LogP contribution < -0.4 is 11.6 Å². The van der Waals surface area contributed by atoms with Crippen molar-refractivity contribution in [3.8, 4) is 0 Å². The maximum Gasteiger partial charge on any atom is 0.119 e. The molecule has 0 amide bonds. The van der Waals surface area contributed by atoms with Gasteiger partial charge in [-0.1, -0.05) is 0 Å². The van der Waals surface area contributed by atoms with E-state index in [1.807, 2.05) is 0 Å². The number of hydrazone groups is 1. The van der Waals surface area contributed by atoms with Crippen molar-refractivity contribution in [2.45, 2.75) is 19.3 Å². The lowest BCUT2D eigenvalue weighted by Gasteiger charge is -2.28. The van der Waals surface area contributed by atoms with E-state index in [2.05, 4.69) is 17.0 Å². The summed E-state index contributed by atoms with van der Waals surface area (Å²) in [5, 5.41) is 3.48. The van der Waals surface area contributed by atoms with E-state index in [4.69, 9.17) is 11.6 Å². The highest BCUT2D eigenvalue weighted by Gasteiger charge is 2.17. The van der Waals surface area contributed by atoms with Crippen LogP contribution in [-0.2, 0) is 0 Å². The number of hydrogen-bond acceptors (Lipinski definition) is 3. The van der Waals surface area contributed by atoms with Gasteiger partial charge in [0.25, 0.3) is 0 Å². The van der Waals surface area contributed by atoms with Crippen LogP contribution in [0.5, 0.6) is 0 Å². The Morgan fingerprint density at radius 2 is 2.08 bits per heavy atom. The molecule has 1 rings (SSSR count). The Labute approximate surface area is 73.6 Å². The molecule has 1 aliphatic heterocycles. The standard InChI is InChI=1S/C8H18N4/c1-12-4-2-7(3-5-12)6-8(9)11-10/h7H,2-6,10H2,1H3,(H2,9,11). The molecule has 0 radical (unpaired) electrons. The number of amidine groups is 1. The summed E-state index contributed by atoms with van der Waals surface area (Å²) in [5.41, 5.74) is 5.55. The van der Waals surface area contributed by atoms with E-state index < -0.39 is 0 Å². The summed E-state index contributed by atoms with van der Waals surface area (Å²) >= 11 is 0. The smallest absolute Gasteiger partial charge is 0.119 e. The Morgan fingerprint density at radius 3 is 2.58 bits per heavy atom. The van der Waals surface area contributed by atoms with Crippen molar-refractivity contribution < 1.29 is 0 Å². The largest absolute Gasteiger partial charge is 0.386 e. The van der Waals surface area contributed by atoms with Gasteiger partial charge >= 0.3 is 0 Å². The van der Waals surface area contributed by atoms with Crippen molar-refractivity contribution in [1.29, 1.82) is 0 Å². The third-order valence-electron chi connectivity index (χ3n) is 2.50. The highest BCUT2D eigenvalue weighted by atomic mass is 15.2. The van der Waals surface area contributed by atoms with E-state index >= 15 is 0 Å². The van der Waals surface area contributed by atoms with Crippen LogP contribution >= 0.6 is 0 Å². The minimum absolute atomic E-state index is 0.588. The highest BCUT2D eigenvalue weighted by Crippen LogP contribution is 2.18. The second-order valence-electron chi connectivity index (χ2n) is 3.57. The maximum absolute atomic E-state index is 5.55. The molecule has 0 aliphatic carbocycles. The van der Waals surface area contributed by atoms with Gasteiger partial charge in [-0.25, -0.2) is 0 Å². The normalized spacial score (nSPS) is 22.9. The number of hydrogen-bond donors (Lipinski definition) is 2. The minimum Gasteiger partial charge on any atom is -0.386 e. The molecule has 0 spiro atoms. The molecule has 0 aromatic heterocycles. The van der Waals surface area contributed by atoms with Crippen molar-refractivity contribution in [3.63, 3.8) is 0 Å². The zero-order chi connectivity index (χ0) is 8.97. The summed E-state index contributed by atoms with van der Waals surface area (Å²) in [7, 11) is 2.15. The fraction of sp³-hybridized carbons (Fsp3) is 0.875. The van der Waals surface area contributed by atoms with Gasteiger partial charge in [0.1, 0.15) is 5.84 Å². The topological polar surface area (TPSA) is 67.6 Å². The van der Waals surface area contributed by atoms with E-state index in [9.17, 15) is 0 Å². The molecule has 4 heteroatoms. The van der Waals surface area contributed by atoms with Gasteiger partial charge in [-0.15, -0.1) is 0 Å². The summed E-state index contributed by atoms with van der Waals surface area (Å²) in [4.78, 5) is 2.34. The Morgan fingerprint density at radius 1 is 1.50 bits per heavy atom. The summed E-state index contributed by atoms with van der Waals surface area (Å²) in [6.07, 6.45) is 3.30. The van der Waals surface area contributed by atoms with E-state index in [1.54, 1.807) is 0 Å². The van der Waals surface area contributed by atoms with Gasteiger partial charge in [0.05, 0.1) is 0 Å². The van der Waals surface area contributed by atoms with E-state index in [0.717, 1.165) is 6.42 Å². The second-order valence-corrected chi connectivity index (χ2v) is 3.57. The first kappa shape index (κ1) is 9.32. The molecule has 0 aromatic rings. The first-order chi connectivity index (χ1) is 5.72. The quantitative estimate of drug-likeness (QED) is 0.264. The average molecular weight is 170 g/mol. The minimum atomic E-state index is 0.588. The van der Waals surface area contributed by atoms with Crippen LogP contribution in [0, 0.1) is 5.92 Å². The Balaban J connectivity index is 2.26. The number of likely N-dealkylation sites (tertiary alicyclic amines) is 1. The molecule has 4 nitrogen and oxygen atoms in total.